The van der Waals surface area contributed by atoms with Crippen LogP contribution in [-0.2, 0) is 0 Å². The van der Waals surface area contributed by atoms with E-state index in [-0.39, 0.29) is 5.69 Å². The lowest BCUT2D eigenvalue weighted by atomic mass is 10.00. The van der Waals surface area contributed by atoms with Crippen molar-refractivity contribution in [3.8, 4) is 0 Å². The van der Waals surface area contributed by atoms with Gasteiger partial charge in [0.1, 0.15) is 5.82 Å². The molecule has 0 aliphatic heterocycles. The van der Waals surface area contributed by atoms with Gasteiger partial charge in [-0.3, -0.25) is 0 Å². The zero-order valence-corrected chi connectivity index (χ0v) is 10.0. The number of rotatable bonds is 4. The highest BCUT2D eigenvalue weighted by Gasteiger charge is 2.21. The van der Waals surface area contributed by atoms with Crippen molar-refractivity contribution in [1.29, 1.82) is 0 Å². The van der Waals surface area contributed by atoms with Crippen molar-refractivity contribution in [1.82, 2.24) is 4.98 Å². The second-order valence-corrected chi connectivity index (χ2v) is 4.69. The molecule has 2 rings (SSSR count). The molecule has 0 saturated heterocycles. The number of nitrogens with zero attached hydrogens (tertiary/aromatic N) is 1. The normalized spacial score (nSPS) is 17.9. The van der Waals surface area contributed by atoms with E-state index in [0.29, 0.717) is 17.8 Å². The zero-order chi connectivity index (χ0) is 12.3. The van der Waals surface area contributed by atoms with Crippen molar-refractivity contribution in [3.05, 3.63) is 23.9 Å². The highest BCUT2D eigenvalue weighted by molar-refractivity contribution is 5.85. The van der Waals surface area contributed by atoms with Crippen molar-refractivity contribution in [2.75, 3.05) is 5.32 Å². The van der Waals surface area contributed by atoms with Crippen LogP contribution in [0.4, 0.5) is 5.82 Å². The van der Waals surface area contributed by atoms with Gasteiger partial charge in [-0.25, -0.2) is 9.78 Å². The molecule has 0 amide bonds. The van der Waals surface area contributed by atoms with Gasteiger partial charge in [-0.15, -0.1) is 0 Å². The summed E-state index contributed by atoms with van der Waals surface area (Å²) < 4.78 is 0. The van der Waals surface area contributed by atoms with Crippen LogP contribution in [-0.4, -0.2) is 22.1 Å². The number of aromatic nitrogens is 1. The Bertz CT molecular complexity index is 400. The molecule has 17 heavy (non-hydrogen) atoms. The molecule has 0 bridgehead atoms. The molecule has 1 atom stereocenters. The Labute approximate surface area is 101 Å². The van der Waals surface area contributed by atoms with E-state index in [0.717, 1.165) is 0 Å². The van der Waals surface area contributed by atoms with Crippen molar-refractivity contribution in [2.45, 2.75) is 38.6 Å². The molecule has 0 aromatic carbocycles. The number of aromatic carboxylic acids is 1. The monoisotopic (exact) mass is 234 g/mol. The molecular formula is C13H18N2O2. The molecule has 1 aromatic rings. The molecule has 0 spiro atoms. The lowest BCUT2D eigenvalue weighted by molar-refractivity contribution is 0.0690. The Kier molecular flexibility index (Phi) is 3.61. The van der Waals surface area contributed by atoms with Crippen LogP contribution >= 0.6 is 0 Å². The summed E-state index contributed by atoms with van der Waals surface area (Å²) in [4.78, 5) is 14.9. The van der Waals surface area contributed by atoms with Crippen LogP contribution in [0.15, 0.2) is 18.2 Å². The van der Waals surface area contributed by atoms with Crippen LogP contribution in [0.3, 0.4) is 0 Å². The summed E-state index contributed by atoms with van der Waals surface area (Å²) in [6.07, 6.45) is 5.12. The maximum absolute atomic E-state index is 10.8. The SMILES string of the molecule is C[C@@H](Nc1cccc(C(=O)O)n1)C1CCCC1. The van der Waals surface area contributed by atoms with Crippen molar-refractivity contribution in [3.63, 3.8) is 0 Å². The number of nitrogens with one attached hydrogen (secondary N) is 1. The summed E-state index contributed by atoms with van der Waals surface area (Å²) in [7, 11) is 0. The quantitative estimate of drug-likeness (QED) is 0.840. The summed E-state index contributed by atoms with van der Waals surface area (Å²) >= 11 is 0. The summed E-state index contributed by atoms with van der Waals surface area (Å²) in [5, 5.41) is 12.2. The van der Waals surface area contributed by atoms with Crippen molar-refractivity contribution < 1.29 is 9.90 Å². The van der Waals surface area contributed by atoms with Crippen LogP contribution in [0.25, 0.3) is 0 Å². The van der Waals surface area contributed by atoms with Crippen LogP contribution < -0.4 is 5.32 Å². The highest BCUT2D eigenvalue weighted by atomic mass is 16.4. The summed E-state index contributed by atoms with van der Waals surface area (Å²) in [5.41, 5.74) is 0.0913. The van der Waals surface area contributed by atoms with Gasteiger partial charge >= 0.3 is 5.97 Å². The minimum Gasteiger partial charge on any atom is -0.477 e. The lowest BCUT2D eigenvalue weighted by Gasteiger charge is -2.20. The van der Waals surface area contributed by atoms with Crippen LogP contribution in [0.1, 0.15) is 43.1 Å². The lowest BCUT2D eigenvalue weighted by Crippen LogP contribution is -2.24. The molecule has 4 heteroatoms. The summed E-state index contributed by atoms with van der Waals surface area (Å²) in [6, 6.07) is 5.40. The van der Waals surface area contributed by atoms with E-state index in [9.17, 15) is 4.79 Å². The van der Waals surface area contributed by atoms with Crippen molar-refractivity contribution >= 4 is 11.8 Å². The second kappa shape index (κ2) is 5.17. The average molecular weight is 234 g/mol. The molecule has 1 aliphatic rings. The Morgan fingerprint density at radius 2 is 2.18 bits per heavy atom. The minimum atomic E-state index is -0.984. The number of hydrogen-bond acceptors (Lipinski definition) is 3. The van der Waals surface area contributed by atoms with Gasteiger partial charge in [-0.1, -0.05) is 18.9 Å². The predicted molar refractivity (Wildman–Crippen MR) is 66.2 cm³/mol. The van der Waals surface area contributed by atoms with E-state index in [1.165, 1.54) is 31.7 Å². The Balaban J connectivity index is 2.02. The second-order valence-electron chi connectivity index (χ2n) is 4.69. The Morgan fingerprint density at radius 1 is 1.47 bits per heavy atom. The van der Waals surface area contributed by atoms with Gasteiger partial charge in [-0.05, 0) is 37.8 Å². The molecule has 2 N–H and O–H groups in total. The number of carboxylic acids is 1. The molecule has 92 valence electrons. The molecule has 1 aliphatic carbocycles. The first-order valence-corrected chi connectivity index (χ1v) is 6.13. The van der Waals surface area contributed by atoms with E-state index in [1.54, 1.807) is 6.07 Å². The van der Waals surface area contributed by atoms with Crippen LogP contribution in [0.2, 0.25) is 0 Å². The minimum absolute atomic E-state index is 0.0913. The fourth-order valence-corrected chi connectivity index (χ4v) is 2.44. The number of anilines is 1. The van der Waals surface area contributed by atoms with E-state index in [2.05, 4.69) is 17.2 Å². The van der Waals surface area contributed by atoms with E-state index < -0.39 is 5.97 Å². The van der Waals surface area contributed by atoms with Crippen LogP contribution in [0, 0.1) is 5.92 Å². The first kappa shape index (κ1) is 11.9. The van der Waals surface area contributed by atoms with Gasteiger partial charge in [0.05, 0.1) is 0 Å². The Hall–Kier alpha value is -1.58. The van der Waals surface area contributed by atoms with Gasteiger partial charge < -0.3 is 10.4 Å². The third-order valence-electron chi connectivity index (χ3n) is 3.45. The highest BCUT2D eigenvalue weighted by Crippen LogP contribution is 2.28. The number of carboxylic acid groups (broad SMARTS) is 1. The van der Waals surface area contributed by atoms with Gasteiger partial charge in [0.15, 0.2) is 5.69 Å². The molecule has 1 aromatic heterocycles. The van der Waals surface area contributed by atoms with Crippen LogP contribution in [0.5, 0.6) is 0 Å². The number of hydrogen-bond donors (Lipinski definition) is 2. The third-order valence-corrected chi connectivity index (χ3v) is 3.45. The van der Waals surface area contributed by atoms with E-state index >= 15 is 0 Å². The van der Waals surface area contributed by atoms with E-state index in [1.807, 2.05) is 6.07 Å². The van der Waals surface area contributed by atoms with Gasteiger partial charge in [0.25, 0.3) is 0 Å². The van der Waals surface area contributed by atoms with Crippen molar-refractivity contribution in [2.24, 2.45) is 5.92 Å². The standard InChI is InChI=1S/C13H18N2O2/c1-9(10-5-2-3-6-10)14-12-8-4-7-11(15-12)13(16)17/h4,7-10H,2-3,5-6H2,1H3,(H,14,15)(H,16,17)/t9-/m1/s1. The van der Waals surface area contributed by atoms with E-state index in [4.69, 9.17) is 5.11 Å². The van der Waals surface area contributed by atoms with Gasteiger partial charge in [0, 0.05) is 6.04 Å². The predicted octanol–water partition coefficient (Wildman–Crippen LogP) is 2.77. The largest absolute Gasteiger partial charge is 0.477 e. The molecule has 1 fully saturated rings. The topological polar surface area (TPSA) is 62.2 Å². The molecule has 1 saturated carbocycles. The maximum atomic E-state index is 10.8. The fourth-order valence-electron chi connectivity index (χ4n) is 2.44. The average Bonchev–Trinajstić information content (AvgIpc) is 2.82. The van der Waals surface area contributed by atoms with Gasteiger partial charge in [0.2, 0.25) is 0 Å². The third kappa shape index (κ3) is 2.96. The first-order valence-electron chi connectivity index (χ1n) is 6.13. The molecule has 0 radical (unpaired) electrons. The number of pyridine rings is 1. The smallest absolute Gasteiger partial charge is 0.354 e. The first-order chi connectivity index (χ1) is 8.16. The fraction of sp³-hybridized carbons (Fsp3) is 0.538. The molecule has 1 heterocycles. The Morgan fingerprint density at radius 3 is 2.82 bits per heavy atom. The molecule has 0 unspecified atom stereocenters. The molecule has 4 nitrogen and oxygen atoms in total. The zero-order valence-electron chi connectivity index (χ0n) is 10.0. The number of carbonyl (C=O) groups is 1. The summed E-state index contributed by atoms with van der Waals surface area (Å²) in [5.74, 6) is 0.358. The maximum Gasteiger partial charge on any atom is 0.354 e. The van der Waals surface area contributed by atoms with Gasteiger partial charge in [-0.2, -0.15) is 0 Å². The summed E-state index contributed by atoms with van der Waals surface area (Å²) in [6.45, 7) is 2.14. The molecular weight excluding hydrogens is 216 g/mol.